The number of methoxy groups -OCH3 is 1. The minimum atomic E-state index is -0.362. The Morgan fingerprint density at radius 3 is 2.46 bits per heavy atom. The Labute approximate surface area is 158 Å². The molecule has 152 valence electrons. The summed E-state index contributed by atoms with van der Waals surface area (Å²) in [6.45, 7) is 13.2. The Bertz CT molecular complexity index is 427. The number of piperidine rings is 1. The van der Waals surface area contributed by atoms with Crippen molar-refractivity contribution in [3.05, 3.63) is 0 Å². The van der Waals surface area contributed by atoms with Gasteiger partial charge in [0.2, 0.25) is 5.91 Å². The van der Waals surface area contributed by atoms with E-state index in [1.807, 2.05) is 20.8 Å². The van der Waals surface area contributed by atoms with Gasteiger partial charge in [0.1, 0.15) is 0 Å². The fourth-order valence-electron chi connectivity index (χ4n) is 2.71. The molecule has 7 nitrogen and oxygen atoms in total. The Kier molecular flexibility index (Phi) is 10.6. The summed E-state index contributed by atoms with van der Waals surface area (Å²) in [5.41, 5.74) is -0.362. The van der Waals surface area contributed by atoms with E-state index in [4.69, 9.17) is 9.47 Å². The molecule has 0 aromatic rings. The molecule has 0 saturated carbocycles. The van der Waals surface area contributed by atoms with Crippen LogP contribution in [-0.4, -0.2) is 75.9 Å². The van der Waals surface area contributed by atoms with Crippen molar-refractivity contribution in [2.24, 2.45) is 10.4 Å². The van der Waals surface area contributed by atoms with Gasteiger partial charge in [-0.25, -0.2) is 0 Å². The number of carbonyl (C=O) groups excluding carboxylic acids is 1. The molecule has 0 aliphatic carbocycles. The molecule has 1 amide bonds. The predicted octanol–water partition coefficient (Wildman–Crippen LogP) is 1.63. The highest BCUT2D eigenvalue weighted by atomic mass is 16.5. The number of hydrogen-bond donors (Lipinski definition) is 2. The summed E-state index contributed by atoms with van der Waals surface area (Å²) in [5, 5.41) is 6.29. The summed E-state index contributed by atoms with van der Waals surface area (Å²) < 4.78 is 11.0. The van der Waals surface area contributed by atoms with E-state index >= 15 is 0 Å². The van der Waals surface area contributed by atoms with Crippen LogP contribution in [0.4, 0.5) is 0 Å². The number of nitrogens with one attached hydrogen (secondary N) is 2. The summed E-state index contributed by atoms with van der Waals surface area (Å²) in [6, 6.07) is 0. The number of ether oxygens (including phenoxy) is 2. The van der Waals surface area contributed by atoms with Gasteiger partial charge < -0.3 is 25.0 Å². The van der Waals surface area contributed by atoms with Crippen LogP contribution < -0.4 is 10.6 Å². The topological polar surface area (TPSA) is 75.2 Å². The van der Waals surface area contributed by atoms with E-state index in [-0.39, 0.29) is 11.3 Å². The second-order valence-corrected chi connectivity index (χ2v) is 7.65. The largest absolute Gasteiger partial charge is 0.385 e. The van der Waals surface area contributed by atoms with Crippen LogP contribution in [0.25, 0.3) is 0 Å². The van der Waals surface area contributed by atoms with E-state index < -0.39 is 0 Å². The van der Waals surface area contributed by atoms with Crippen LogP contribution in [0.2, 0.25) is 0 Å². The monoisotopic (exact) mass is 370 g/mol. The quantitative estimate of drug-likeness (QED) is 0.367. The SMILES string of the molecule is CCNC(=NCCNC(=O)C(C)(C)C)N1CCC(OCCCOC)CC1. The van der Waals surface area contributed by atoms with Gasteiger partial charge in [-0.05, 0) is 26.2 Å². The molecule has 0 atom stereocenters. The van der Waals surface area contributed by atoms with E-state index in [1.165, 1.54) is 0 Å². The van der Waals surface area contributed by atoms with Crippen LogP contribution in [0.5, 0.6) is 0 Å². The van der Waals surface area contributed by atoms with E-state index in [0.717, 1.165) is 58.1 Å². The minimum Gasteiger partial charge on any atom is -0.385 e. The third-order valence-electron chi connectivity index (χ3n) is 4.26. The molecule has 1 fully saturated rings. The van der Waals surface area contributed by atoms with Crippen molar-refractivity contribution in [1.82, 2.24) is 15.5 Å². The molecule has 0 bridgehead atoms. The highest BCUT2D eigenvalue weighted by molar-refractivity contribution is 5.81. The number of rotatable bonds is 9. The maximum Gasteiger partial charge on any atom is 0.225 e. The van der Waals surface area contributed by atoms with Crippen LogP contribution >= 0.6 is 0 Å². The molecule has 1 saturated heterocycles. The molecule has 26 heavy (non-hydrogen) atoms. The van der Waals surface area contributed by atoms with Crippen molar-refractivity contribution in [1.29, 1.82) is 0 Å². The number of carbonyl (C=O) groups is 1. The zero-order valence-electron chi connectivity index (χ0n) is 17.3. The molecule has 1 aliphatic heterocycles. The number of guanidine groups is 1. The normalized spacial score (nSPS) is 16.7. The van der Waals surface area contributed by atoms with Gasteiger partial charge in [0.15, 0.2) is 5.96 Å². The van der Waals surface area contributed by atoms with Gasteiger partial charge in [-0.3, -0.25) is 9.79 Å². The van der Waals surface area contributed by atoms with Gasteiger partial charge in [-0.2, -0.15) is 0 Å². The molecule has 0 radical (unpaired) electrons. The molecule has 0 spiro atoms. The van der Waals surface area contributed by atoms with Crippen molar-refractivity contribution < 1.29 is 14.3 Å². The van der Waals surface area contributed by atoms with Gasteiger partial charge in [0.05, 0.1) is 12.6 Å². The van der Waals surface area contributed by atoms with Crippen molar-refractivity contribution in [2.45, 2.75) is 53.1 Å². The first kappa shape index (κ1) is 22.7. The second-order valence-electron chi connectivity index (χ2n) is 7.65. The highest BCUT2D eigenvalue weighted by Gasteiger charge is 2.22. The minimum absolute atomic E-state index is 0.0594. The second kappa shape index (κ2) is 12.1. The molecule has 1 aliphatic rings. The van der Waals surface area contributed by atoms with Crippen LogP contribution in [-0.2, 0) is 14.3 Å². The van der Waals surface area contributed by atoms with Gasteiger partial charge in [-0.1, -0.05) is 20.8 Å². The van der Waals surface area contributed by atoms with Crippen molar-refractivity contribution in [2.75, 3.05) is 53.0 Å². The molecule has 0 unspecified atom stereocenters. The number of likely N-dealkylation sites (tertiary alicyclic amines) is 1. The summed E-state index contributed by atoms with van der Waals surface area (Å²) in [4.78, 5) is 18.8. The van der Waals surface area contributed by atoms with Gasteiger partial charge in [0.25, 0.3) is 0 Å². The molecule has 7 heteroatoms. The molecule has 0 aromatic carbocycles. The lowest BCUT2D eigenvalue weighted by Crippen LogP contribution is -2.47. The number of aliphatic imine (C=N–C) groups is 1. The van der Waals surface area contributed by atoms with Crippen molar-refractivity contribution in [3.8, 4) is 0 Å². The molecule has 1 heterocycles. The lowest BCUT2D eigenvalue weighted by atomic mass is 9.96. The average molecular weight is 371 g/mol. The first-order valence-corrected chi connectivity index (χ1v) is 9.80. The van der Waals surface area contributed by atoms with Crippen LogP contribution in [0.15, 0.2) is 4.99 Å². The molecule has 2 N–H and O–H groups in total. The van der Waals surface area contributed by atoms with E-state index in [2.05, 4.69) is 27.4 Å². The Morgan fingerprint density at radius 2 is 1.88 bits per heavy atom. The Balaban J connectivity index is 2.36. The number of amides is 1. The molecule has 0 aromatic heterocycles. The number of nitrogens with zero attached hydrogens (tertiary/aromatic N) is 2. The van der Waals surface area contributed by atoms with Crippen LogP contribution in [0.3, 0.4) is 0 Å². The molecular weight excluding hydrogens is 332 g/mol. The average Bonchev–Trinajstić information content (AvgIpc) is 2.61. The summed E-state index contributed by atoms with van der Waals surface area (Å²) >= 11 is 0. The Hall–Kier alpha value is -1.34. The van der Waals surface area contributed by atoms with E-state index in [1.54, 1.807) is 7.11 Å². The van der Waals surface area contributed by atoms with Gasteiger partial charge in [-0.15, -0.1) is 0 Å². The highest BCUT2D eigenvalue weighted by Crippen LogP contribution is 2.14. The standard InChI is InChI=1S/C19H38N4O3/c1-6-20-18(22-11-10-21-17(24)19(2,3)4)23-12-8-16(9-13-23)26-15-7-14-25-5/h16H,6-15H2,1-5H3,(H,20,22)(H,21,24). The fourth-order valence-corrected chi connectivity index (χ4v) is 2.71. The lowest BCUT2D eigenvalue weighted by molar-refractivity contribution is -0.128. The zero-order chi connectivity index (χ0) is 19.4. The first-order valence-electron chi connectivity index (χ1n) is 9.80. The fraction of sp³-hybridized carbons (Fsp3) is 0.895. The van der Waals surface area contributed by atoms with E-state index in [0.29, 0.717) is 19.2 Å². The van der Waals surface area contributed by atoms with Crippen LogP contribution in [0.1, 0.15) is 47.0 Å². The predicted molar refractivity (Wildman–Crippen MR) is 105 cm³/mol. The number of hydrogen-bond acceptors (Lipinski definition) is 4. The third-order valence-corrected chi connectivity index (χ3v) is 4.26. The molecule has 1 rings (SSSR count). The maximum atomic E-state index is 11.9. The first-order chi connectivity index (χ1) is 12.4. The molecular formula is C19H38N4O3. The zero-order valence-corrected chi connectivity index (χ0v) is 17.3. The smallest absolute Gasteiger partial charge is 0.225 e. The van der Waals surface area contributed by atoms with Gasteiger partial charge >= 0.3 is 0 Å². The maximum absolute atomic E-state index is 11.9. The summed E-state index contributed by atoms with van der Waals surface area (Å²) in [6.07, 6.45) is 3.30. The van der Waals surface area contributed by atoms with Crippen LogP contribution in [0, 0.1) is 5.41 Å². The summed E-state index contributed by atoms with van der Waals surface area (Å²) in [5.74, 6) is 0.986. The van der Waals surface area contributed by atoms with Gasteiger partial charge in [0, 0.05) is 51.9 Å². The van der Waals surface area contributed by atoms with Crippen molar-refractivity contribution in [3.63, 3.8) is 0 Å². The summed E-state index contributed by atoms with van der Waals surface area (Å²) in [7, 11) is 1.72. The van der Waals surface area contributed by atoms with Crippen molar-refractivity contribution >= 4 is 11.9 Å². The van der Waals surface area contributed by atoms with E-state index in [9.17, 15) is 4.79 Å². The third kappa shape index (κ3) is 8.85. The Morgan fingerprint density at radius 1 is 1.19 bits per heavy atom. The lowest BCUT2D eigenvalue weighted by Gasteiger charge is -2.34.